The molecule has 0 aliphatic heterocycles. The van der Waals surface area contributed by atoms with Crippen LogP contribution < -0.4 is 0 Å². The molecule has 0 unspecified atom stereocenters. The van der Waals surface area contributed by atoms with Gasteiger partial charge in [0.2, 0.25) is 0 Å². The van der Waals surface area contributed by atoms with Crippen molar-refractivity contribution in [2.75, 3.05) is 6.61 Å². The van der Waals surface area contributed by atoms with Gasteiger partial charge in [0.25, 0.3) is 0 Å². The summed E-state index contributed by atoms with van der Waals surface area (Å²) in [5.74, 6) is 0.568. The largest absolute Gasteiger partial charge is 0.466 e. The summed E-state index contributed by atoms with van der Waals surface area (Å²) in [6, 6.07) is 0. The Bertz CT molecular complexity index is 208. The number of carbonyl (C=O) groups is 1. The summed E-state index contributed by atoms with van der Waals surface area (Å²) in [6.45, 7) is 8.91. The van der Waals surface area contributed by atoms with Gasteiger partial charge in [-0.25, -0.2) is 0 Å². The molecule has 2 heteroatoms. The van der Waals surface area contributed by atoms with Crippen molar-refractivity contribution in [1.82, 2.24) is 0 Å². The molecule has 1 aliphatic rings. The van der Waals surface area contributed by atoms with Crippen LogP contribution >= 0.6 is 0 Å². The van der Waals surface area contributed by atoms with Crippen LogP contribution in [0.4, 0.5) is 0 Å². The van der Waals surface area contributed by atoms with Crippen molar-refractivity contribution in [2.45, 2.75) is 47.0 Å². The van der Waals surface area contributed by atoms with Gasteiger partial charge >= 0.3 is 5.97 Å². The van der Waals surface area contributed by atoms with Gasteiger partial charge in [0.15, 0.2) is 0 Å². The van der Waals surface area contributed by atoms with Crippen LogP contribution in [0.15, 0.2) is 0 Å². The van der Waals surface area contributed by atoms with Gasteiger partial charge in [-0.2, -0.15) is 0 Å². The molecule has 0 aromatic carbocycles. The summed E-state index contributed by atoms with van der Waals surface area (Å²) in [5, 5.41) is 0. The molecule has 1 saturated carbocycles. The highest BCUT2D eigenvalue weighted by molar-refractivity contribution is 5.73. The highest BCUT2D eigenvalue weighted by Crippen LogP contribution is 2.44. The van der Waals surface area contributed by atoms with E-state index in [-0.39, 0.29) is 17.3 Å². The lowest BCUT2D eigenvalue weighted by Crippen LogP contribution is -2.40. The molecule has 0 radical (unpaired) electrons. The fourth-order valence-corrected chi connectivity index (χ4v) is 2.76. The van der Waals surface area contributed by atoms with E-state index in [1.54, 1.807) is 0 Å². The van der Waals surface area contributed by atoms with Crippen LogP contribution in [0.1, 0.15) is 47.0 Å². The highest BCUT2D eigenvalue weighted by atomic mass is 16.5. The second-order valence-corrected chi connectivity index (χ2v) is 5.09. The standard InChI is InChI=1S/C12H22O2/c1-5-14-11(13)10-9(2)7-6-8-12(10,3)4/h9-10H,5-8H2,1-4H3/t9-,10+/m1/s1. The van der Waals surface area contributed by atoms with Crippen molar-refractivity contribution in [3.05, 3.63) is 0 Å². The molecule has 0 aromatic heterocycles. The lowest BCUT2D eigenvalue weighted by molar-refractivity contribution is -0.157. The molecule has 82 valence electrons. The van der Waals surface area contributed by atoms with Crippen molar-refractivity contribution >= 4 is 5.97 Å². The topological polar surface area (TPSA) is 26.3 Å². The number of hydrogen-bond donors (Lipinski definition) is 0. The van der Waals surface area contributed by atoms with Gasteiger partial charge in [-0.1, -0.05) is 27.2 Å². The van der Waals surface area contributed by atoms with Crippen LogP contribution in [0, 0.1) is 17.3 Å². The van der Waals surface area contributed by atoms with Crippen molar-refractivity contribution in [1.29, 1.82) is 0 Å². The highest BCUT2D eigenvalue weighted by Gasteiger charge is 2.42. The smallest absolute Gasteiger partial charge is 0.309 e. The summed E-state index contributed by atoms with van der Waals surface area (Å²) in [4.78, 5) is 11.8. The lowest BCUT2D eigenvalue weighted by atomic mass is 9.64. The third kappa shape index (κ3) is 2.28. The second-order valence-electron chi connectivity index (χ2n) is 5.09. The number of rotatable bonds is 2. The van der Waals surface area contributed by atoms with Crippen LogP contribution in [0.3, 0.4) is 0 Å². The molecule has 0 heterocycles. The maximum absolute atomic E-state index is 11.8. The van der Waals surface area contributed by atoms with E-state index in [1.165, 1.54) is 6.42 Å². The molecule has 0 spiro atoms. The molecule has 0 amide bonds. The minimum Gasteiger partial charge on any atom is -0.466 e. The summed E-state index contributed by atoms with van der Waals surface area (Å²) in [7, 11) is 0. The third-order valence-corrected chi connectivity index (χ3v) is 3.43. The van der Waals surface area contributed by atoms with E-state index in [1.807, 2.05) is 6.92 Å². The Kier molecular flexibility index (Phi) is 3.57. The predicted octanol–water partition coefficient (Wildman–Crippen LogP) is 3.01. The fourth-order valence-electron chi connectivity index (χ4n) is 2.76. The van der Waals surface area contributed by atoms with Gasteiger partial charge in [-0.15, -0.1) is 0 Å². The molecular weight excluding hydrogens is 176 g/mol. The summed E-state index contributed by atoms with van der Waals surface area (Å²) >= 11 is 0. The minimum absolute atomic E-state index is 0.00435. The molecule has 0 bridgehead atoms. The van der Waals surface area contributed by atoms with Gasteiger partial charge in [0, 0.05) is 0 Å². The van der Waals surface area contributed by atoms with E-state index in [2.05, 4.69) is 20.8 Å². The SMILES string of the molecule is CCOC(=O)[C@@H]1[C@H](C)CCCC1(C)C. The first-order valence-corrected chi connectivity index (χ1v) is 5.65. The molecule has 1 aliphatic carbocycles. The number of esters is 1. The normalized spacial score (nSPS) is 31.1. The van der Waals surface area contributed by atoms with Gasteiger partial charge in [-0.3, -0.25) is 4.79 Å². The average molecular weight is 198 g/mol. The number of hydrogen-bond acceptors (Lipinski definition) is 2. The summed E-state index contributed by atoms with van der Waals surface area (Å²) < 4.78 is 5.15. The van der Waals surface area contributed by atoms with Crippen molar-refractivity contribution in [3.8, 4) is 0 Å². The van der Waals surface area contributed by atoms with E-state index in [9.17, 15) is 4.79 Å². The van der Waals surface area contributed by atoms with Crippen LogP contribution in [0.5, 0.6) is 0 Å². The monoisotopic (exact) mass is 198 g/mol. The molecule has 1 rings (SSSR count). The van der Waals surface area contributed by atoms with E-state index in [0.29, 0.717) is 12.5 Å². The van der Waals surface area contributed by atoms with E-state index in [0.717, 1.165) is 12.8 Å². The third-order valence-electron chi connectivity index (χ3n) is 3.43. The number of ether oxygens (including phenoxy) is 1. The Morgan fingerprint density at radius 2 is 2.14 bits per heavy atom. The molecular formula is C12H22O2. The molecule has 0 saturated heterocycles. The number of carbonyl (C=O) groups excluding carboxylic acids is 1. The van der Waals surface area contributed by atoms with Crippen molar-refractivity contribution in [2.24, 2.45) is 17.3 Å². The second kappa shape index (κ2) is 4.33. The summed E-state index contributed by atoms with van der Waals surface area (Å²) in [6.07, 6.45) is 3.54. The van der Waals surface area contributed by atoms with Gasteiger partial charge < -0.3 is 4.74 Å². The Morgan fingerprint density at radius 1 is 1.50 bits per heavy atom. The van der Waals surface area contributed by atoms with Crippen molar-refractivity contribution < 1.29 is 9.53 Å². The van der Waals surface area contributed by atoms with Crippen LogP contribution in [0.25, 0.3) is 0 Å². The van der Waals surface area contributed by atoms with E-state index < -0.39 is 0 Å². The van der Waals surface area contributed by atoms with Crippen molar-refractivity contribution in [3.63, 3.8) is 0 Å². The van der Waals surface area contributed by atoms with E-state index >= 15 is 0 Å². The molecule has 2 atom stereocenters. The predicted molar refractivity (Wildman–Crippen MR) is 56.9 cm³/mol. The van der Waals surface area contributed by atoms with Crippen LogP contribution in [-0.4, -0.2) is 12.6 Å². The van der Waals surface area contributed by atoms with Gasteiger partial charge in [0.05, 0.1) is 12.5 Å². The molecule has 2 nitrogen and oxygen atoms in total. The summed E-state index contributed by atoms with van der Waals surface area (Å²) in [5.41, 5.74) is 0.115. The van der Waals surface area contributed by atoms with Crippen LogP contribution in [0.2, 0.25) is 0 Å². The zero-order valence-electron chi connectivity index (χ0n) is 9.80. The Labute approximate surface area is 87.0 Å². The Balaban J connectivity index is 2.74. The first kappa shape index (κ1) is 11.5. The minimum atomic E-state index is 0.00435. The average Bonchev–Trinajstić information content (AvgIpc) is 2.02. The van der Waals surface area contributed by atoms with Gasteiger partial charge in [-0.05, 0) is 31.1 Å². The first-order valence-electron chi connectivity index (χ1n) is 5.65. The molecule has 0 N–H and O–H groups in total. The molecule has 0 aromatic rings. The maximum Gasteiger partial charge on any atom is 0.309 e. The molecule has 1 fully saturated rings. The van der Waals surface area contributed by atoms with E-state index in [4.69, 9.17) is 4.74 Å². The molecule has 14 heavy (non-hydrogen) atoms. The fraction of sp³-hybridized carbons (Fsp3) is 0.917. The Hall–Kier alpha value is -0.530. The quantitative estimate of drug-likeness (QED) is 0.637. The first-order chi connectivity index (χ1) is 6.49. The zero-order valence-corrected chi connectivity index (χ0v) is 9.80. The lowest BCUT2D eigenvalue weighted by Gasteiger charge is -2.40. The Morgan fingerprint density at radius 3 is 2.64 bits per heavy atom. The van der Waals surface area contributed by atoms with Crippen LogP contribution in [-0.2, 0) is 9.53 Å². The van der Waals surface area contributed by atoms with Gasteiger partial charge in [0.1, 0.15) is 0 Å². The zero-order chi connectivity index (χ0) is 10.8. The maximum atomic E-state index is 11.8.